The van der Waals surface area contributed by atoms with E-state index >= 15 is 0 Å². The predicted octanol–water partition coefficient (Wildman–Crippen LogP) is 4.21. The van der Waals surface area contributed by atoms with Gasteiger partial charge in [-0.2, -0.15) is 0 Å². The van der Waals surface area contributed by atoms with Gasteiger partial charge in [-0.05, 0) is 61.2 Å². The van der Waals surface area contributed by atoms with Gasteiger partial charge in [0, 0.05) is 12.1 Å². The third kappa shape index (κ3) is 8.18. The van der Waals surface area contributed by atoms with Gasteiger partial charge in [0.15, 0.2) is 0 Å². The first kappa shape index (κ1) is 27.5. The lowest BCUT2D eigenvalue weighted by molar-refractivity contribution is -0.141. The minimum absolute atomic E-state index is 0.0500. The molecule has 3 amide bonds. The van der Waals surface area contributed by atoms with Gasteiger partial charge in [0.2, 0.25) is 5.91 Å². The van der Waals surface area contributed by atoms with Gasteiger partial charge in [0.1, 0.15) is 13.1 Å². The van der Waals surface area contributed by atoms with Crippen LogP contribution in [-0.4, -0.2) is 55.1 Å². The summed E-state index contributed by atoms with van der Waals surface area (Å²) >= 11 is 0. The maximum Gasteiger partial charge on any atom is 0.325 e. The summed E-state index contributed by atoms with van der Waals surface area (Å²) in [7, 11) is 1.30. The third-order valence-electron chi connectivity index (χ3n) is 7.87. The van der Waals surface area contributed by atoms with E-state index in [1.54, 1.807) is 0 Å². The normalized spacial score (nSPS) is 30.1. The van der Waals surface area contributed by atoms with E-state index in [0.29, 0.717) is 35.5 Å². The van der Waals surface area contributed by atoms with E-state index in [4.69, 9.17) is 4.74 Å². The fraction of sp³-hybridized carbons (Fsp3) is 0.885. The molecule has 2 aliphatic carbocycles. The topological polar surface area (TPSA) is 87.7 Å². The number of nitrogens with one attached hydrogen (secondary N) is 2. The maximum atomic E-state index is 13.2. The van der Waals surface area contributed by atoms with E-state index in [9.17, 15) is 14.4 Å². The number of carbonyl (C=O) groups is 3. The van der Waals surface area contributed by atoms with Crippen LogP contribution in [0.1, 0.15) is 80.1 Å². The highest BCUT2D eigenvalue weighted by molar-refractivity contribution is 5.87. The van der Waals surface area contributed by atoms with Gasteiger partial charge < -0.3 is 20.3 Å². The molecule has 7 nitrogen and oxygen atoms in total. The summed E-state index contributed by atoms with van der Waals surface area (Å²) in [6, 6.07) is -0.208. The Morgan fingerprint density at radius 2 is 1.30 bits per heavy atom. The number of hydrogen-bond acceptors (Lipinski definition) is 4. The molecule has 2 fully saturated rings. The van der Waals surface area contributed by atoms with Crippen LogP contribution in [-0.2, 0) is 14.3 Å². The molecule has 33 heavy (non-hydrogen) atoms. The number of methoxy groups -OCH3 is 1. The van der Waals surface area contributed by atoms with Crippen LogP contribution in [0.15, 0.2) is 0 Å². The van der Waals surface area contributed by atoms with Crippen molar-refractivity contribution in [3.63, 3.8) is 0 Å². The standard InChI is InChI=1S/C26H47N3O4/c1-16(2)20-10-8-18(5)12-22(20)27-24(30)14-29(15-25(31)33-7)26(32)28-23-13-19(6)9-11-21(23)17(3)4/h16-23H,8-15H2,1-7H3,(H,27,30)(H,28,32)/t18-,19-,20+,21+,22+,23+/m1/s1. The summed E-state index contributed by atoms with van der Waals surface area (Å²) in [4.78, 5) is 39.5. The lowest BCUT2D eigenvalue weighted by atomic mass is 9.74. The Hall–Kier alpha value is -1.79. The maximum absolute atomic E-state index is 13.2. The molecule has 0 radical (unpaired) electrons. The molecule has 2 saturated carbocycles. The smallest absolute Gasteiger partial charge is 0.325 e. The molecule has 0 unspecified atom stereocenters. The highest BCUT2D eigenvalue weighted by Crippen LogP contribution is 2.34. The zero-order chi connectivity index (χ0) is 24.7. The van der Waals surface area contributed by atoms with E-state index in [1.807, 2.05) is 0 Å². The summed E-state index contributed by atoms with van der Waals surface area (Å²) in [6.07, 6.45) is 6.41. The number of carbonyl (C=O) groups excluding carboxylic acids is 3. The van der Waals surface area contributed by atoms with Crippen molar-refractivity contribution in [3.05, 3.63) is 0 Å². The molecule has 2 rings (SSSR count). The summed E-state index contributed by atoms with van der Waals surface area (Å²) < 4.78 is 4.80. The summed E-state index contributed by atoms with van der Waals surface area (Å²) in [5.41, 5.74) is 0. The fourth-order valence-corrected chi connectivity index (χ4v) is 5.83. The Labute approximate surface area is 200 Å². The van der Waals surface area contributed by atoms with Crippen molar-refractivity contribution in [1.29, 1.82) is 0 Å². The Bertz CT molecular complexity index is 666. The second kappa shape index (κ2) is 12.6. The predicted molar refractivity (Wildman–Crippen MR) is 131 cm³/mol. The Balaban J connectivity index is 2.07. The minimum Gasteiger partial charge on any atom is -0.468 e. The number of ether oxygens (including phenoxy) is 1. The van der Waals surface area contributed by atoms with Gasteiger partial charge in [-0.1, -0.05) is 54.4 Å². The first-order valence-corrected chi connectivity index (χ1v) is 12.9. The molecule has 0 aliphatic heterocycles. The molecule has 2 aliphatic rings. The van der Waals surface area contributed by atoms with E-state index in [-0.39, 0.29) is 37.1 Å². The van der Waals surface area contributed by atoms with E-state index in [1.165, 1.54) is 24.9 Å². The van der Waals surface area contributed by atoms with Crippen molar-refractivity contribution < 1.29 is 19.1 Å². The molecule has 190 valence electrons. The van der Waals surface area contributed by atoms with Crippen molar-refractivity contribution in [3.8, 4) is 0 Å². The van der Waals surface area contributed by atoms with Crippen molar-refractivity contribution in [2.75, 3.05) is 20.2 Å². The lowest BCUT2D eigenvalue weighted by Crippen LogP contribution is -2.55. The van der Waals surface area contributed by atoms with Crippen LogP contribution in [0.4, 0.5) is 4.79 Å². The first-order valence-electron chi connectivity index (χ1n) is 12.9. The van der Waals surface area contributed by atoms with E-state index in [0.717, 1.165) is 25.7 Å². The Kier molecular flexibility index (Phi) is 10.5. The molecular formula is C26H47N3O4. The van der Waals surface area contributed by atoms with Crippen LogP contribution in [0, 0.1) is 35.5 Å². The Morgan fingerprint density at radius 3 is 1.76 bits per heavy atom. The molecule has 0 aromatic heterocycles. The SMILES string of the molecule is COC(=O)CN(CC(=O)N[C@H]1C[C@H](C)CC[C@H]1C(C)C)C(=O)N[C@H]1C[C@H](C)CC[C@H]1C(C)C. The van der Waals surface area contributed by atoms with Crippen molar-refractivity contribution in [1.82, 2.24) is 15.5 Å². The zero-order valence-corrected chi connectivity index (χ0v) is 21.9. The molecule has 0 aromatic rings. The zero-order valence-electron chi connectivity index (χ0n) is 21.9. The number of hydrogen-bond donors (Lipinski definition) is 2. The summed E-state index contributed by atoms with van der Waals surface area (Å²) in [5.74, 6) is 2.15. The average molecular weight is 466 g/mol. The second-order valence-corrected chi connectivity index (χ2v) is 11.3. The fourth-order valence-electron chi connectivity index (χ4n) is 5.83. The molecule has 0 saturated heterocycles. The van der Waals surface area contributed by atoms with Gasteiger partial charge in [-0.15, -0.1) is 0 Å². The molecule has 2 N–H and O–H groups in total. The number of esters is 1. The largest absolute Gasteiger partial charge is 0.468 e. The van der Waals surface area contributed by atoms with Crippen LogP contribution in [0.3, 0.4) is 0 Å². The number of amides is 3. The highest BCUT2D eigenvalue weighted by Gasteiger charge is 2.35. The quantitative estimate of drug-likeness (QED) is 0.526. The van der Waals surface area contributed by atoms with Crippen LogP contribution < -0.4 is 10.6 Å². The first-order chi connectivity index (χ1) is 15.5. The molecular weight excluding hydrogens is 418 g/mol. The second-order valence-electron chi connectivity index (χ2n) is 11.3. The third-order valence-corrected chi connectivity index (χ3v) is 7.87. The van der Waals surface area contributed by atoms with Crippen LogP contribution in [0.2, 0.25) is 0 Å². The number of rotatable bonds is 8. The molecule has 0 spiro atoms. The summed E-state index contributed by atoms with van der Waals surface area (Å²) in [5, 5.41) is 6.33. The van der Waals surface area contributed by atoms with Gasteiger partial charge in [0.05, 0.1) is 7.11 Å². The van der Waals surface area contributed by atoms with Gasteiger partial charge in [-0.3, -0.25) is 9.59 Å². The molecule has 7 heteroatoms. The lowest BCUT2D eigenvalue weighted by Gasteiger charge is -2.39. The van der Waals surface area contributed by atoms with Crippen LogP contribution >= 0.6 is 0 Å². The number of urea groups is 1. The van der Waals surface area contributed by atoms with Gasteiger partial charge in [0.25, 0.3) is 0 Å². The van der Waals surface area contributed by atoms with Gasteiger partial charge >= 0.3 is 12.0 Å². The van der Waals surface area contributed by atoms with Crippen molar-refractivity contribution >= 4 is 17.9 Å². The molecule has 0 bridgehead atoms. The highest BCUT2D eigenvalue weighted by atomic mass is 16.5. The van der Waals surface area contributed by atoms with E-state index < -0.39 is 5.97 Å². The van der Waals surface area contributed by atoms with Crippen LogP contribution in [0.25, 0.3) is 0 Å². The Morgan fingerprint density at radius 1 is 0.818 bits per heavy atom. The molecule has 0 heterocycles. The van der Waals surface area contributed by atoms with Gasteiger partial charge in [-0.25, -0.2) is 4.79 Å². The number of nitrogens with zero attached hydrogens (tertiary/aromatic N) is 1. The van der Waals surface area contributed by atoms with Crippen LogP contribution in [0.5, 0.6) is 0 Å². The molecule has 0 aromatic carbocycles. The van der Waals surface area contributed by atoms with Crippen molar-refractivity contribution in [2.45, 2.75) is 92.2 Å². The molecule has 6 atom stereocenters. The monoisotopic (exact) mass is 465 g/mol. The van der Waals surface area contributed by atoms with Crippen molar-refractivity contribution in [2.24, 2.45) is 35.5 Å². The van der Waals surface area contributed by atoms with E-state index in [2.05, 4.69) is 52.2 Å². The summed E-state index contributed by atoms with van der Waals surface area (Å²) in [6.45, 7) is 12.8. The minimum atomic E-state index is -0.526. The average Bonchev–Trinajstić information content (AvgIpc) is 2.72.